The second kappa shape index (κ2) is 12.7. The van der Waals surface area contributed by atoms with Gasteiger partial charge in [-0.1, -0.05) is 0 Å². The summed E-state index contributed by atoms with van der Waals surface area (Å²) >= 11 is 0. The first kappa shape index (κ1) is 29.4. The summed E-state index contributed by atoms with van der Waals surface area (Å²) in [6.45, 7) is 0.300. The van der Waals surface area contributed by atoms with Gasteiger partial charge in [0.1, 0.15) is 11.5 Å². The Hall–Kier alpha value is -2.60. The van der Waals surface area contributed by atoms with Crippen LogP contribution in [0.4, 0.5) is 11.4 Å². The first-order valence-electron chi connectivity index (χ1n) is 10.3. The zero-order valence-corrected chi connectivity index (χ0v) is 19.9. The lowest BCUT2D eigenvalue weighted by Crippen LogP contribution is -2.32. The predicted octanol–water partition coefficient (Wildman–Crippen LogP) is 0.960. The fourth-order valence-corrected chi connectivity index (χ4v) is 3.68. The molecule has 0 fully saturated rings. The molecule has 2 atom stereocenters. The van der Waals surface area contributed by atoms with Crippen molar-refractivity contribution >= 4 is 47.8 Å². The lowest BCUT2D eigenvalue weighted by atomic mass is 9.81. The van der Waals surface area contributed by atoms with Gasteiger partial charge in [-0.2, -0.15) is 0 Å². The summed E-state index contributed by atoms with van der Waals surface area (Å²) in [5.41, 5.74) is 12.1. The lowest BCUT2D eigenvalue weighted by Gasteiger charge is -2.26. The van der Waals surface area contributed by atoms with Crippen molar-refractivity contribution < 1.29 is 30.0 Å². The maximum Gasteiger partial charge on any atom is 0.200 e. The van der Waals surface area contributed by atoms with Gasteiger partial charge < -0.3 is 42.5 Å². The number of phenols is 2. The molecular weight excluding hydrogens is 487 g/mol. The molecule has 10 nitrogen and oxygen atoms in total. The molecule has 2 aromatic rings. The highest BCUT2D eigenvalue weighted by Gasteiger charge is 2.38. The standard InChI is InChI=1S/C22H28N4O6.2ClH/c23-11(5-7-27)9-25-13-1-2-14(26-10-12(24)6-8-28)18-17(13)21(31)19-15(29)3-4-16(30)20(19)22(18)32;;/h1-4,11-12,25-30H,5-10,23-24H2;2*1H. The van der Waals surface area contributed by atoms with Gasteiger partial charge in [-0.05, 0) is 37.1 Å². The Bertz CT molecular complexity index is 957. The van der Waals surface area contributed by atoms with E-state index in [-0.39, 0.29) is 85.5 Å². The number of aliphatic hydroxyl groups is 2. The van der Waals surface area contributed by atoms with E-state index in [1.54, 1.807) is 12.1 Å². The van der Waals surface area contributed by atoms with Gasteiger partial charge in [0.25, 0.3) is 0 Å². The number of nitrogens with two attached hydrogens (primary N) is 2. The van der Waals surface area contributed by atoms with E-state index in [0.29, 0.717) is 24.2 Å². The highest BCUT2D eigenvalue weighted by Crippen LogP contribution is 2.42. The van der Waals surface area contributed by atoms with Crippen LogP contribution in [0.5, 0.6) is 11.5 Å². The van der Waals surface area contributed by atoms with Crippen molar-refractivity contribution in [3.8, 4) is 11.5 Å². The summed E-state index contributed by atoms with van der Waals surface area (Å²) in [4.78, 5) is 26.8. The molecule has 2 unspecified atom stereocenters. The fraction of sp³-hybridized carbons (Fsp3) is 0.364. The van der Waals surface area contributed by atoms with Crippen molar-refractivity contribution in [2.75, 3.05) is 36.9 Å². The van der Waals surface area contributed by atoms with Gasteiger partial charge in [-0.15, -0.1) is 24.8 Å². The van der Waals surface area contributed by atoms with Crippen LogP contribution in [0.3, 0.4) is 0 Å². The molecule has 3 rings (SSSR count). The Morgan fingerprint density at radius 2 is 1.03 bits per heavy atom. The quantitative estimate of drug-likeness (QED) is 0.180. The number of ketones is 2. The molecule has 0 aliphatic heterocycles. The summed E-state index contributed by atoms with van der Waals surface area (Å²) in [7, 11) is 0. The topological polar surface area (TPSA) is 191 Å². The Morgan fingerprint density at radius 3 is 1.35 bits per heavy atom. The number of benzene rings is 2. The van der Waals surface area contributed by atoms with E-state index in [2.05, 4.69) is 10.6 Å². The molecule has 1 aliphatic carbocycles. The van der Waals surface area contributed by atoms with Crippen LogP contribution in [0.25, 0.3) is 0 Å². The molecule has 34 heavy (non-hydrogen) atoms. The first-order valence-corrected chi connectivity index (χ1v) is 10.3. The van der Waals surface area contributed by atoms with Gasteiger partial charge in [0.15, 0.2) is 0 Å². The number of phenolic OH excluding ortho intramolecular Hbond substituents is 2. The molecule has 188 valence electrons. The van der Waals surface area contributed by atoms with Gasteiger partial charge in [0.2, 0.25) is 11.6 Å². The smallest absolute Gasteiger partial charge is 0.200 e. The van der Waals surface area contributed by atoms with Crippen molar-refractivity contribution in [2.45, 2.75) is 24.9 Å². The molecule has 12 heteroatoms. The predicted molar refractivity (Wildman–Crippen MR) is 134 cm³/mol. The van der Waals surface area contributed by atoms with Gasteiger partial charge in [0, 0.05) is 49.8 Å². The zero-order valence-electron chi connectivity index (χ0n) is 18.3. The molecule has 0 amide bonds. The van der Waals surface area contributed by atoms with Crippen LogP contribution in [0, 0.1) is 0 Å². The van der Waals surface area contributed by atoms with Gasteiger partial charge >= 0.3 is 0 Å². The van der Waals surface area contributed by atoms with Crippen molar-refractivity contribution in [2.24, 2.45) is 11.5 Å². The van der Waals surface area contributed by atoms with Gasteiger partial charge in [-0.3, -0.25) is 9.59 Å². The molecular formula is C22H30Cl2N4O6. The number of aliphatic hydroxyl groups excluding tert-OH is 2. The summed E-state index contributed by atoms with van der Waals surface area (Å²) in [6, 6.07) is 4.77. The SMILES string of the molecule is Cl.Cl.NC(CCO)CNc1ccc(NCC(N)CCO)c2c1C(=O)c1c(O)ccc(O)c1C2=O. The molecule has 0 bridgehead atoms. The van der Waals surface area contributed by atoms with Gasteiger partial charge in [-0.25, -0.2) is 0 Å². The van der Waals surface area contributed by atoms with Crippen molar-refractivity contribution in [1.29, 1.82) is 0 Å². The van der Waals surface area contributed by atoms with E-state index in [9.17, 15) is 19.8 Å². The number of carbonyl (C=O) groups is 2. The van der Waals surface area contributed by atoms with Crippen molar-refractivity contribution in [3.05, 3.63) is 46.5 Å². The molecule has 0 radical (unpaired) electrons. The Morgan fingerprint density at radius 1 is 0.676 bits per heavy atom. The second-order valence-electron chi connectivity index (χ2n) is 7.73. The summed E-state index contributed by atoms with van der Waals surface area (Å²) in [5, 5.41) is 44.7. The second-order valence-corrected chi connectivity index (χ2v) is 7.73. The van der Waals surface area contributed by atoms with Crippen LogP contribution in [0.2, 0.25) is 0 Å². The van der Waals surface area contributed by atoms with Crippen LogP contribution >= 0.6 is 24.8 Å². The number of hydrogen-bond acceptors (Lipinski definition) is 10. The highest BCUT2D eigenvalue weighted by atomic mass is 35.5. The van der Waals surface area contributed by atoms with Gasteiger partial charge in [0.05, 0.1) is 22.3 Å². The minimum absolute atomic E-state index is 0. The third kappa shape index (κ3) is 5.90. The molecule has 10 N–H and O–H groups in total. The van der Waals surface area contributed by atoms with Crippen LogP contribution in [0.15, 0.2) is 24.3 Å². The highest BCUT2D eigenvalue weighted by molar-refractivity contribution is 6.33. The van der Waals surface area contributed by atoms with E-state index < -0.39 is 23.1 Å². The van der Waals surface area contributed by atoms with Crippen molar-refractivity contribution in [3.63, 3.8) is 0 Å². The molecule has 1 aliphatic rings. The summed E-state index contributed by atoms with van der Waals surface area (Å²) < 4.78 is 0. The monoisotopic (exact) mass is 516 g/mol. The summed E-state index contributed by atoms with van der Waals surface area (Å²) in [6.07, 6.45) is 0.698. The largest absolute Gasteiger partial charge is 0.507 e. The molecule has 0 spiro atoms. The number of nitrogens with one attached hydrogen (secondary N) is 2. The number of rotatable bonds is 10. The van der Waals surface area contributed by atoms with E-state index >= 15 is 0 Å². The average Bonchev–Trinajstić information content (AvgIpc) is 2.76. The van der Waals surface area contributed by atoms with Crippen LogP contribution in [0.1, 0.15) is 44.7 Å². The van der Waals surface area contributed by atoms with Crippen LogP contribution in [-0.4, -0.2) is 70.4 Å². The number of anilines is 2. The van der Waals surface area contributed by atoms with Crippen molar-refractivity contribution in [1.82, 2.24) is 0 Å². The minimum Gasteiger partial charge on any atom is -0.507 e. The molecule has 2 aromatic carbocycles. The van der Waals surface area contributed by atoms with E-state index in [4.69, 9.17) is 21.7 Å². The lowest BCUT2D eigenvalue weighted by molar-refractivity contribution is 0.0975. The zero-order chi connectivity index (χ0) is 23.4. The number of hydrogen-bond donors (Lipinski definition) is 8. The van der Waals surface area contributed by atoms with E-state index in [1.807, 2.05) is 0 Å². The molecule has 0 heterocycles. The van der Waals surface area contributed by atoms with E-state index in [1.165, 1.54) is 0 Å². The van der Waals surface area contributed by atoms with Crippen LogP contribution in [-0.2, 0) is 0 Å². The first-order chi connectivity index (χ1) is 15.3. The Labute approximate surface area is 209 Å². The molecule has 0 saturated carbocycles. The van der Waals surface area contributed by atoms with E-state index in [0.717, 1.165) is 12.1 Å². The Kier molecular flexibility index (Phi) is 11.0. The molecule has 0 aromatic heterocycles. The number of aromatic hydroxyl groups is 2. The summed E-state index contributed by atoms with van der Waals surface area (Å²) in [5.74, 6) is -2.06. The number of fused-ring (bicyclic) bond motifs is 2. The maximum absolute atomic E-state index is 13.4. The Balaban J connectivity index is 0.00000289. The number of halogens is 2. The maximum atomic E-state index is 13.4. The average molecular weight is 517 g/mol. The third-order valence-corrected chi connectivity index (χ3v) is 5.38. The molecule has 0 saturated heterocycles. The number of carbonyl (C=O) groups excluding carboxylic acids is 2. The minimum atomic E-state index is -0.621. The fourth-order valence-electron chi connectivity index (χ4n) is 3.68. The van der Waals surface area contributed by atoms with Crippen LogP contribution < -0.4 is 22.1 Å². The normalized spacial score (nSPS) is 13.6. The third-order valence-electron chi connectivity index (χ3n) is 5.38.